The summed E-state index contributed by atoms with van der Waals surface area (Å²) in [6.07, 6.45) is 1.95. The highest BCUT2D eigenvalue weighted by Gasteiger charge is 2.34. The van der Waals surface area contributed by atoms with E-state index in [1.165, 1.54) is 12.1 Å². The smallest absolute Gasteiger partial charge is 0.254 e. The quantitative estimate of drug-likeness (QED) is 0.835. The molecule has 0 spiro atoms. The minimum absolute atomic E-state index is 0.0931. The summed E-state index contributed by atoms with van der Waals surface area (Å²) < 4.78 is 13.5. The fourth-order valence-corrected chi connectivity index (χ4v) is 2.16. The maximum absolute atomic E-state index is 13.5. The molecule has 3 N–H and O–H groups in total. The van der Waals surface area contributed by atoms with Crippen LogP contribution in [0.1, 0.15) is 23.2 Å². The van der Waals surface area contributed by atoms with E-state index in [0.717, 1.165) is 18.9 Å². The van der Waals surface area contributed by atoms with Gasteiger partial charge in [0.15, 0.2) is 0 Å². The van der Waals surface area contributed by atoms with Crippen LogP contribution in [0.2, 0.25) is 5.02 Å². The zero-order chi connectivity index (χ0) is 13.3. The molecule has 0 saturated heterocycles. The number of halogens is 2. The Hall–Kier alpha value is -1.20. The molecule has 1 aromatic carbocycles. The van der Waals surface area contributed by atoms with Gasteiger partial charge in [-0.15, -0.1) is 0 Å². The first-order chi connectivity index (χ1) is 8.49. The lowest BCUT2D eigenvalue weighted by molar-refractivity contribution is 0.0940. The zero-order valence-corrected chi connectivity index (χ0v) is 11.0. The van der Waals surface area contributed by atoms with E-state index in [9.17, 15) is 9.18 Å². The van der Waals surface area contributed by atoms with Gasteiger partial charge in [0, 0.05) is 5.02 Å². The molecule has 96 valence electrons. The maximum atomic E-state index is 13.5. The number of amides is 1. The summed E-state index contributed by atoms with van der Waals surface area (Å²) in [4.78, 5) is 12.2. The van der Waals surface area contributed by atoms with Crippen LogP contribution in [0.15, 0.2) is 18.2 Å². The van der Waals surface area contributed by atoms with E-state index in [1.807, 2.05) is 0 Å². The topological polar surface area (TPSA) is 55.1 Å². The summed E-state index contributed by atoms with van der Waals surface area (Å²) in [6.45, 7) is 0. The van der Waals surface area contributed by atoms with Crippen molar-refractivity contribution in [1.82, 2.24) is 5.32 Å². The van der Waals surface area contributed by atoms with Crippen molar-refractivity contribution in [3.63, 3.8) is 0 Å². The monoisotopic (exact) mass is 286 g/mol. The SMILES string of the molecule is NC(=S)C(NC(=O)c1cc(Cl)ccc1F)C1CC1. The first-order valence-corrected chi connectivity index (χ1v) is 6.33. The molecule has 6 heteroatoms. The molecule has 0 aliphatic heterocycles. The van der Waals surface area contributed by atoms with Gasteiger partial charge >= 0.3 is 0 Å². The second kappa shape index (κ2) is 5.20. The highest BCUT2D eigenvalue weighted by atomic mass is 35.5. The summed E-state index contributed by atoms with van der Waals surface area (Å²) in [7, 11) is 0. The van der Waals surface area contributed by atoms with E-state index in [-0.39, 0.29) is 22.5 Å². The minimum atomic E-state index is -0.616. The molecular weight excluding hydrogens is 275 g/mol. The first kappa shape index (κ1) is 13.2. The molecule has 0 bridgehead atoms. The van der Waals surface area contributed by atoms with Crippen LogP contribution in [0.5, 0.6) is 0 Å². The van der Waals surface area contributed by atoms with Crippen molar-refractivity contribution in [1.29, 1.82) is 0 Å². The average molecular weight is 287 g/mol. The standard InChI is InChI=1S/C12H12ClFN2OS/c13-7-3-4-9(14)8(5-7)12(17)16-10(11(15)18)6-1-2-6/h3-6,10H,1-2H2,(H2,15,18)(H,16,17). The fourth-order valence-electron chi connectivity index (χ4n) is 1.74. The summed E-state index contributed by atoms with van der Waals surface area (Å²) in [6, 6.07) is 3.46. The number of nitrogens with one attached hydrogen (secondary N) is 1. The Bertz CT molecular complexity index is 505. The van der Waals surface area contributed by atoms with E-state index < -0.39 is 11.7 Å². The van der Waals surface area contributed by atoms with Crippen LogP contribution >= 0.6 is 23.8 Å². The summed E-state index contributed by atoms with van der Waals surface area (Å²) >= 11 is 10.6. The number of rotatable bonds is 4. The number of hydrogen-bond acceptors (Lipinski definition) is 2. The molecule has 1 atom stereocenters. The Labute approximate surface area is 114 Å². The molecule has 1 amide bonds. The van der Waals surface area contributed by atoms with Gasteiger partial charge in [-0.3, -0.25) is 4.79 Å². The molecule has 1 aliphatic carbocycles. The second-order valence-corrected chi connectivity index (χ2v) is 5.22. The minimum Gasteiger partial charge on any atom is -0.392 e. The van der Waals surface area contributed by atoms with Crippen LogP contribution in [0.3, 0.4) is 0 Å². The van der Waals surface area contributed by atoms with Crippen molar-refractivity contribution >= 4 is 34.7 Å². The molecule has 1 fully saturated rings. The molecule has 18 heavy (non-hydrogen) atoms. The summed E-state index contributed by atoms with van der Waals surface area (Å²) in [5.74, 6) is -0.886. The van der Waals surface area contributed by atoms with Crippen molar-refractivity contribution in [2.24, 2.45) is 11.7 Å². The van der Waals surface area contributed by atoms with Crippen LogP contribution in [0, 0.1) is 11.7 Å². The third-order valence-corrected chi connectivity index (χ3v) is 3.35. The van der Waals surface area contributed by atoms with Gasteiger partial charge in [-0.25, -0.2) is 4.39 Å². The van der Waals surface area contributed by atoms with Crippen molar-refractivity contribution in [2.45, 2.75) is 18.9 Å². The highest BCUT2D eigenvalue weighted by molar-refractivity contribution is 7.80. The Morgan fingerprint density at radius 2 is 2.22 bits per heavy atom. The van der Waals surface area contributed by atoms with Gasteiger partial charge in [-0.05, 0) is 37.0 Å². The molecule has 1 aliphatic rings. The van der Waals surface area contributed by atoms with Gasteiger partial charge in [0.05, 0.1) is 16.6 Å². The number of carbonyl (C=O) groups excluding carboxylic acids is 1. The largest absolute Gasteiger partial charge is 0.392 e. The van der Waals surface area contributed by atoms with Crippen molar-refractivity contribution < 1.29 is 9.18 Å². The van der Waals surface area contributed by atoms with Gasteiger partial charge in [-0.2, -0.15) is 0 Å². The average Bonchev–Trinajstić information content (AvgIpc) is 3.12. The molecule has 1 aromatic rings. The van der Waals surface area contributed by atoms with E-state index in [1.54, 1.807) is 0 Å². The van der Waals surface area contributed by atoms with Gasteiger partial charge in [-0.1, -0.05) is 23.8 Å². The van der Waals surface area contributed by atoms with Crippen LogP contribution < -0.4 is 11.1 Å². The lowest BCUT2D eigenvalue weighted by Crippen LogP contribution is -2.45. The molecule has 0 heterocycles. The third-order valence-electron chi connectivity index (χ3n) is 2.86. The zero-order valence-electron chi connectivity index (χ0n) is 9.45. The van der Waals surface area contributed by atoms with E-state index in [2.05, 4.69) is 5.32 Å². The van der Waals surface area contributed by atoms with Gasteiger partial charge in [0.1, 0.15) is 5.82 Å². The Kier molecular flexibility index (Phi) is 3.82. The first-order valence-electron chi connectivity index (χ1n) is 5.54. The highest BCUT2D eigenvalue weighted by Crippen LogP contribution is 2.33. The molecule has 2 rings (SSSR count). The van der Waals surface area contributed by atoms with E-state index in [4.69, 9.17) is 29.6 Å². The van der Waals surface area contributed by atoms with Crippen LogP contribution in [-0.4, -0.2) is 16.9 Å². The summed E-state index contributed by atoms with van der Waals surface area (Å²) in [5.41, 5.74) is 5.48. The molecule has 1 unspecified atom stereocenters. The van der Waals surface area contributed by atoms with Gasteiger partial charge in [0.25, 0.3) is 5.91 Å². The van der Waals surface area contributed by atoms with Crippen molar-refractivity contribution in [3.05, 3.63) is 34.6 Å². The molecular formula is C12H12ClFN2OS. The third kappa shape index (κ3) is 2.97. The Balaban J connectivity index is 2.15. The van der Waals surface area contributed by atoms with Crippen LogP contribution in [0.25, 0.3) is 0 Å². The van der Waals surface area contributed by atoms with Crippen LogP contribution in [-0.2, 0) is 0 Å². The Morgan fingerprint density at radius 1 is 1.56 bits per heavy atom. The predicted molar refractivity (Wildman–Crippen MR) is 72.2 cm³/mol. The fraction of sp³-hybridized carbons (Fsp3) is 0.333. The lowest BCUT2D eigenvalue weighted by Gasteiger charge is -2.17. The molecule has 0 aromatic heterocycles. The van der Waals surface area contributed by atoms with Crippen molar-refractivity contribution in [3.8, 4) is 0 Å². The molecule has 3 nitrogen and oxygen atoms in total. The number of thiocarbonyl (C=S) groups is 1. The van der Waals surface area contributed by atoms with Crippen LogP contribution in [0.4, 0.5) is 4.39 Å². The number of carbonyl (C=O) groups is 1. The molecule has 1 saturated carbocycles. The van der Waals surface area contributed by atoms with Crippen molar-refractivity contribution in [2.75, 3.05) is 0 Å². The number of hydrogen-bond donors (Lipinski definition) is 2. The van der Waals surface area contributed by atoms with E-state index >= 15 is 0 Å². The van der Waals surface area contributed by atoms with Gasteiger partial charge in [0.2, 0.25) is 0 Å². The predicted octanol–water partition coefficient (Wildman–Crippen LogP) is 2.27. The summed E-state index contributed by atoms with van der Waals surface area (Å²) in [5, 5.41) is 2.96. The lowest BCUT2D eigenvalue weighted by atomic mass is 10.1. The van der Waals surface area contributed by atoms with E-state index in [0.29, 0.717) is 5.02 Å². The Morgan fingerprint density at radius 3 is 2.78 bits per heavy atom. The second-order valence-electron chi connectivity index (χ2n) is 4.32. The normalized spacial score (nSPS) is 16.1. The van der Waals surface area contributed by atoms with Gasteiger partial charge < -0.3 is 11.1 Å². The molecule has 0 radical (unpaired) electrons. The maximum Gasteiger partial charge on any atom is 0.254 e. The number of benzene rings is 1. The number of nitrogens with two attached hydrogens (primary N) is 1.